The summed E-state index contributed by atoms with van der Waals surface area (Å²) in [6.07, 6.45) is 1.00. The zero-order valence-corrected chi connectivity index (χ0v) is 15.3. The van der Waals surface area contributed by atoms with Gasteiger partial charge in [0.05, 0.1) is 14.9 Å². The Morgan fingerprint density at radius 2 is 2.12 bits per heavy atom. The van der Waals surface area contributed by atoms with Crippen molar-refractivity contribution in [2.45, 2.75) is 12.8 Å². The van der Waals surface area contributed by atoms with E-state index in [2.05, 4.69) is 10.3 Å². The highest BCUT2D eigenvalue weighted by molar-refractivity contribution is 7.20. The molecule has 3 heterocycles. The number of hydrogen-bond donors (Lipinski definition) is 1. The number of carbonyl (C=O) groups excluding carboxylic acids is 1. The third-order valence-corrected chi connectivity index (χ3v) is 5.67. The zero-order chi connectivity index (χ0) is 17.2. The Labute approximate surface area is 157 Å². The third kappa shape index (κ3) is 3.78. The maximum atomic E-state index is 12.2. The molecule has 0 unspecified atom stereocenters. The van der Waals surface area contributed by atoms with Crippen LogP contribution in [0.5, 0.6) is 11.5 Å². The van der Waals surface area contributed by atoms with E-state index in [0.29, 0.717) is 18.0 Å². The Morgan fingerprint density at radius 3 is 2.96 bits per heavy atom. The number of aromatic nitrogens is 1. The van der Waals surface area contributed by atoms with E-state index in [-0.39, 0.29) is 12.7 Å². The molecule has 0 saturated carbocycles. The van der Waals surface area contributed by atoms with Crippen molar-refractivity contribution in [3.8, 4) is 22.1 Å². The summed E-state index contributed by atoms with van der Waals surface area (Å²) < 4.78 is 11.4. The molecule has 1 aliphatic rings. The molecule has 3 aromatic rings. The van der Waals surface area contributed by atoms with Gasteiger partial charge in [-0.05, 0) is 36.2 Å². The molecular formula is C17H13ClN2O3S2. The molecule has 128 valence electrons. The highest BCUT2D eigenvalue weighted by Crippen LogP contribution is 2.34. The van der Waals surface area contributed by atoms with E-state index < -0.39 is 0 Å². The third-order valence-electron chi connectivity index (χ3n) is 3.65. The number of thiazole rings is 1. The van der Waals surface area contributed by atoms with Gasteiger partial charge in [-0.1, -0.05) is 17.7 Å². The lowest BCUT2D eigenvalue weighted by molar-refractivity contribution is -0.116. The average Bonchev–Trinajstić information content (AvgIpc) is 3.32. The van der Waals surface area contributed by atoms with Crippen LogP contribution in [0.15, 0.2) is 35.7 Å². The summed E-state index contributed by atoms with van der Waals surface area (Å²) in [6.45, 7) is 0.251. The summed E-state index contributed by atoms with van der Waals surface area (Å²) in [5.74, 6) is 1.41. The largest absolute Gasteiger partial charge is 0.454 e. The quantitative estimate of drug-likeness (QED) is 0.675. The molecule has 25 heavy (non-hydrogen) atoms. The second-order valence-electron chi connectivity index (χ2n) is 5.38. The van der Waals surface area contributed by atoms with E-state index in [9.17, 15) is 4.79 Å². The molecule has 0 saturated heterocycles. The molecule has 1 aromatic carbocycles. The van der Waals surface area contributed by atoms with Gasteiger partial charge in [0, 0.05) is 11.8 Å². The number of nitrogens with zero attached hydrogens (tertiary/aromatic N) is 1. The number of nitrogens with one attached hydrogen (secondary N) is 1. The van der Waals surface area contributed by atoms with Crippen LogP contribution in [-0.2, 0) is 11.2 Å². The zero-order valence-electron chi connectivity index (χ0n) is 13.0. The van der Waals surface area contributed by atoms with Crippen LogP contribution in [0.1, 0.15) is 12.0 Å². The Hall–Kier alpha value is -2.09. The van der Waals surface area contributed by atoms with Gasteiger partial charge in [0.25, 0.3) is 0 Å². The second kappa shape index (κ2) is 7.03. The molecule has 4 rings (SSSR count). The van der Waals surface area contributed by atoms with E-state index >= 15 is 0 Å². The van der Waals surface area contributed by atoms with E-state index in [1.807, 2.05) is 35.7 Å². The lowest BCUT2D eigenvalue weighted by atomic mass is 10.1. The monoisotopic (exact) mass is 392 g/mol. The van der Waals surface area contributed by atoms with Gasteiger partial charge in [0.1, 0.15) is 0 Å². The summed E-state index contributed by atoms with van der Waals surface area (Å²) in [5.41, 5.74) is 1.86. The van der Waals surface area contributed by atoms with Crippen molar-refractivity contribution in [3.05, 3.63) is 45.6 Å². The topological polar surface area (TPSA) is 60.5 Å². The van der Waals surface area contributed by atoms with Crippen molar-refractivity contribution in [1.29, 1.82) is 0 Å². The Morgan fingerprint density at radius 1 is 1.24 bits per heavy atom. The summed E-state index contributed by atoms with van der Waals surface area (Å²) in [6, 6.07) is 9.49. The highest BCUT2D eigenvalue weighted by atomic mass is 35.5. The summed E-state index contributed by atoms with van der Waals surface area (Å²) in [5, 5.41) is 5.35. The highest BCUT2D eigenvalue weighted by Gasteiger charge is 2.14. The van der Waals surface area contributed by atoms with E-state index in [1.54, 1.807) is 0 Å². The molecular weight excluding hydrogens is 380 g/mol. The van der Waals surface area contributed by atoms with E-state index in [4.69, 9.17) is 21.1 Å². The van der Waals surface area contributed by atoms with Crippen LogP contribution < -0.4 is 14.8 Å². The molecule has 0 fully saturated rings. The first-order valence-corrected chi connectivity index (χ1v) is 9.64. The van der Waals surface area contributed by atoms with Crippen LogP contribution >= 0.6 is 34.3 Å². The summed E-state index contributed by atoms with van der Waals surface area (Å²) in [7, 11) is 0. The number of amides is 1. The van der Waals surface area contributed by atoms with Crippen LogP contribution in [0.3, 0.4) is 0 Å². The first-order chi connectivity index (χ1) is 12.2. The molecule has 5 nitrogen and oxygen atoms in total. The van der Waals surface area contributed by atoms with Crippen molar-refractivity contribution < 1.29 is 14.3 Å². The average molecular weight is 393 g/mol. The molecule has 1 amide bonds. The molecule has 1 N–H and O–H groups in total. The summed E-state index contributed by atoms with van der Waals surface area (Å²) in [4.78, 5) is 17.6. The van der Waals surface area contributed by atoms with Gasteiger partial charge in [-0.3, -0.25) is 4.79 Å². The molecule has 1 aliphatic heterocycles. The fourth-order valence-corrected chi connectivity index (χ4v) is 4.24. The van der Waals surface area contributed by atoms with Gasteiger partial charge < -0.3 is 14.8 Å². The van der Waals surface area contributed by atoms with Gasteiger partial charge in [-0.25, -0.2) is 4.98 Å². The van der Waals surface area contributed by atoms with Gasteiger partial charge in [0.2, 0.25) is 12.7 Å². The van der Waals surface area contributed by atoms with Crippen LogP contribution in [0.2, 0.25) is 4.34 Å². The van der Waals surface area contributed by atoms with Crippen molar-refractivity contribution in [2.75, 3.05) is 12.1 Å². The standard InChI is InChI=1S/C17H13ClN2O3S2/c18-15-5-4-14(25-15)11-8-24-17(19-11)20-16(21)6-2-10-1-3-12-13(7-10)23-9-22-12/h1,3-5,7-8H,2,6,9H2,(H,19,20,21). The number of fused-ring (bicyclic) bond motifs is 1. The molecule has 0 radical (unpaired) electrons. The fourth-order valence-electron chi connectivity index (χ4n) is 2.43. The maximum Gasteiger partial charge on any atom is 0.231 e. The number of carbonyl (C=O) groups is 1. The predicted octanol–water partition coefficient (Wildman–Crippen LogP) is 4.83. The lowest BCUT2D eigenvalue weighted by Gasteiger charge is -2.03. The minimum absolute atomic E-state index is 0.0669. The van der Waals surface area contributed by atoms with Crippen LogP contribution in [0, 0.1) is 0 Å². The number of anilines is 1. The number of benzene rings is 1. The first-order valence-electron chi connectivity index (χ1n) is 7.57. The fraction of sp³-hybridized carbons (Fsp3) is 0.176. The Balaban J connectivity index is 1.34. The van der Waals surface area contributed by atoms with E-state index in [0.717, 1.165) is 32.0 Å². The number of hydrogen-bond acceptors (Lipinski definition) is 6. The number of rotatable bonds is 5. The lowest BCUT2D eigenvalue weighted by Crippen LogP contribution is -2.12. The van der Waals surface area contributed by atoms with Gasteiger partial charge in [-0.15, -0.1) is 22.7 Å². The molecule has 2 aromatic heterocycles. The number of halogens is 1. The maximum absolute atomic E-state index is 12.2. The Kier molecular flexibility index (Phi) is 4.61. The Bertz CT molecular complexity index is 922. The number of aryl methyl sites for hydroxylation is 1. The van der Waals surface area contributed by atoms with Crippen molar-refractivity contribution in [3.63, 3.8) is 0 Å². The number of thiophene rings is 1. The second-order valence-corrected chi connectivity index (χ2v) is 7.95. The molecule has 0 bridgehead atoms. The van der Waals surface area contributed by atoms with Crippen LogP contribution in [0.4, 0.5) is 5.13 Å². The molecule has 0 aliphatic carbocycles. The van der Waals surface area contributed by atoms with Crippen LogP contribution in [-0.4, -0.2) is 17.7 Å². The summed E-state index contributed by atoms with van der Waals surface area (Å²) >= 11 is 8.81. The van der Waals surface area contributed by atoms with Crippen molar-refractivity contribution in [2.24, 2.45) is 0 Å². The van der Waals surface area contributed by atoms with Crippen molar-refractivity contribution in [1.82, 2.24) is 4.98 Å². The minimum Gasteiger partial charge on any atom is -0.454 e. The minimum atomic E-state index is -0.0669. The molecule has 0 atom stereocenters. The number of ether oxygens (including phenoxy) is 2. The smallest absolute Gasteiger partial charge is 0.231 e. The SMILES string of the molecule is O=C(CCc1ccc2c(c1)OCO2)Nc1nc(-c2ccc(Cl)s2)cs1. The molecule has 8 heteroatoms. The van der Waals surface area contributed by atoms with Gasteiger partial charge >= 0.3 is 0 Å². The van der Waals surface area contributed by atoms with E-state index in [1.165, 1.54) is 22.7 Å². The van der Waals surface area contributed by atoms with Gasteiger partial charge in [0.15, 0.2) is 16.6 Å². The normalized spacial score (nSPS) is 12.4. The molecule has 0 spiro atoms. The van der Waals surface area contributed by atoms with Crippen molar-refractivity contribution >= 4 is 45.3 Å². The van der Waals surface area contributed by atoms with Gasteiger partial charge in [-0.2, -0.15) is 0 Å². The van der Waals surface area contributed by atoms with Crippen LogP contribution in [0.25, 0.3) is 10.6 Å². The first kappa shape index (κ1) is 16.4. The predicted molar refractivity (Wildman–Crippen MR) is 100.0 cm³/mol.